The molecular formula is C13H10ClNS2. The molecule has 0 saturated carbocycles. The van der Waals surface area contributed by atoms with Gasteiger partial charge in [0.2, 0.25) is 0 Å². The smallest absolute Gasteiger partial charge is 0.0647 e. The summed E-state index contributed by atoms with van der Waals surface area (Å²) in [6, 6.07) is 12.0. The van der Waals surface area contributed by atoms with Crippen LogP contribution in [-0.2, 0) is 0 Å². The van der Waals surface area contributed by atoms with Gasteiger partial charge in [0.05, 0.1) is 6.04 Å². The molecule has 1 nitrogen and oxygen atoms in total. The lowest BCUT2D eigenvalue weighted by Gasteiger charge is -2.09. The normalized spacial score (nSPS) is 13.1. The van der Waals surface area contributed by atoms with Crippen molar-refractivity contribution in [3.8, 4) is 0 Å². The van der Waals surface area contributed by atoms with E-state index in [1.54, 1.807) is 22.7 Å². The van der Waals surface area contributed by atoms with Gasteiger partial charge in [0.15, 0.2) is 0 Å². The highest BCUT2D eigenvalue weighted by atomic mass is 35.5. The minimum Gasteiger partial charge on any atom is -0.320 e. The Morgan fingerprint density at radius 2 is 2.00 bits per heavy atom. The fraction of sp³-hybridized carbons (Fsp3) is 0.0769. The number of nitrogens with two attached hydrogens (primary N) is 1. The van der Waals surface area contributed by atoms with Gasteiger partial charge in [-0.1, -0.05) is 23.7 Å². The monoisotopic (exact) mass is 279 g/mol. The first-order valence-electron chi connectivity index (χ1n) is 5.22. The van der Waals surface area contributed by atoms with Gasteiger partial charge in [0, 0.05) is 19.3 Å². The van der Waals surface area contributed by atoms with Crippen molar-refractivity contribution in [1.29, 1.82) is 0 Å². The Kier molecular flexibility index (Phi) is 2.92. The van der Waals surface area contributed by atoms with Crippen molar-refractivity contribution in [2.45, 2.75) is 6.04 Å². The summed E-state index contributed by atoms with van der Waals surface area (Å²) < 4.78 is 2.62. The first kappa shape index (κ1) is 11.2. The van der Waals surface area contributed by atoms with E-state index in [-0.39, 0.29) is 6.04 Å². The van der Waals surface area contributed by atoms with Crippen LogP contribution in [0.25, 0.3) is 9.40 Å². The van der Waals surface area contributed by atoms with Gasteiger partial charge >= 0.3 is 0 Å². The van der Waals surface area contributed by atoms with Crippen molar-refractivity contribution in [3.05, 3.63) is 57.2 Å². The first-order valence-corrected chi connectivity index (χ1v) is 7.29. The predicted octanol–water partition coefficient (Wildman–Crippen LogP) is 4.66. The second-order valence-electron chi connectivity index (χ2n) is 3.83. The largest absolute Gasteiger partial charge is 0.320 e. The molecule has 1 atom stereocenters. The zero-order valence-electron chi connectivity index (χ0n) is 8.89. The standard InChI is InChI=1S/C13H10ClNS2/c14-9-3-1-2-8(6-9)13(15)12-7-11-10(17-12)4-5-16-11/h1-7,13H,15H2. The molecule has 1 aromatic carbocycles. The molecule has 0 spiro atoms. The van der Waals surface area contributed by atoms with E-state index in [4.69, 9.17) is 17.3 Å². The summed E-state index contributed by atoms with van der Waals surface area (Å²) >= 11 is 9.49. The van der Waals surface area contributed by atoms with Crippen LogP contribution >= 0.6 is 34.3 Å². The molecule has 0 aliphatic rings. The zero-order chi connectivity index (χ0) is 11.8. The summed E-state index contributed by atoms with van der Waals surface area (Å²) in [5, 5.41) is 2.84. The van der Waals surface area contributed by atoms with Gasteiger partial charge in [0.1, 0.15) is 0 Å². The van der Waals surface area contributed by atoms with E-state index in [1.165, 1.54) is 14.3 Å². The van der Waals surface area contributed by atoms with E-state index in [1.807, 2.05) is 24.3 Å². The molecule has 2 N–H and O–H groups in total. The molecule has 86 valence electrons. The number of halogens is 1. The van der Waals surface area contributed by atoms with E-state index in [2.05, 4.69) is 17.5 Å². The molecule has 4 heteroatoms. The van der Waals surface area contributed by atoms with Crippen molar-refractivity contribution in [1.82, 2.24) is 0 Å². The van der Waals surface area contributed by atoms with Crippen LogP contribution in [-0.4, -0.2) is 0 Å². The number of hydrogen-bond acceptors (Lipinski definition) is 3. The second kappa shape index (κ2) is 4.42. The van der Waals surface area contributed by atoms with E-state index >= 15 is 0 Å². The van der Waals surface area contributed by atoms with Crippen molar-refractivity contribution in [2.24, 2.45) is 5.73 Å². The summed E-state index contributed by atoms with van der Waals surface area (Å²) in [5.74, 6) is 0. The van der Waals surface area contributed by atoms with Gasteiger partial charge in [-0.05, 0) is 35.2 Å². The molecule has 17 heavy (non-hydrogen) atoms. The van der Waals surface area contributed by atoms with Crippen molar-refractivity contribution < 1.29 is 0 Å². The van der Waals surface area contributed by atoms with Crippen LogP contribution in [0.15, 0.2) is 41.8 Å². The Labute approximate surface area is 112 Å². The summed E-state index contributed by atoms with van der Waals surface area (Å²) in [5.41, 5.74) is 7.33. The fourth-order valence-electron chi connectivity index (χ4n) is 1.80. The van der Waals surface area contributed by atoms with Crippen molar-refractivity contribution >= 4 is 43.7 Å². The highest BCUT2D eigenvalue weighted by Gasteiger charge is 2.13. The lowest BCUT2D eigenvalue weighted by molar-refractivity contribution is 0.894. The Morgan fingerprint density at radius 1 is 1.12 bits per heavy atom. The lowest BCUT2D eigenvalue weighted by atomic mass is 10.1. The molecule has 0 bridgehead atoms. The maximum atomic E-state index is 6.26. The molecule has 0 aliphatic heterocycles. The molecule has 0 radical (unpaired) electrons. The highest BCUT2D eigenvalue weighted by Crippen LogP contribution is 2.35. The van der Waals surface area contributed by atoms with Crippen LogP contribution in [0, 0.1) is 0 Å². The molecule has 2 heterocycles. The van der Waals surface area contributed by atoms with E-state index < -0.39 is 0 Å². The molecule has 3 aromatic rings. The Morgan fingerprint density at radius 3 is 2.76 bits per heavy atom. The Balaban J connectivity index is 2.01. The van der Waals surface area contributed by atoms with Gasteiger partial charge in [-0.2, -0.15) is 0 Å². The fourth-order valence-corrected chi connectivity index (χ4v) is 4.15. The first-order chi connectivity index (χ1) is 8.24. The summed E-state index contributed by atoms with van der Waals surface area (Å²) in [6.45, 7) is 0. The number of rotatable bonds is 2. The Bertz CT molecular complexity index is 628. The average Bonchev–Trinajstić information content (AvgIpc) is 2.88. The summed E-state index contributed by atoms with van der Waals surface area (Å²) in [7, 11) is 0. The molecule has 0 aliphatic carbocycles. The number of hydrogen-bond donors (Lipinski definition) is 1. The third-order valence-corrected chi connectivity index (χ3v) is 5.08. The van der Waals surface area contributed by atoms with Gasteiger partial charge in [-0.25, -0.2) is 0 Å². The topological polar surface area (TPSA) is 26.0 Å². The highest BCUT2D eigenvalue weighted by molar-refractivity contribution is 7.27. The van der Waals surface area contributed by atoms with Gasteiger partial charge in [0.25, 0.3) is 0 Å². The van der Waals surface area contributed by atoms with Crippen LogP contribution in [0.1, 0.15) is 16.5 Å². The maximum absolute atomic E-state index is 6.26. The average molecular weight is 280 g/mol. The van der Waals surface area contributed by atoms with E-state index in [9.17, 15) is 0 Å². The number of benzene rings is 1. The Hall–Kier alpha value is -0.870. The third kappa shape index (κ3) is 2.11. The molecular weight excluding hydrogens is 270 g/mol. The lowest BCUT2D eigenvalue weighted by Crippen LogP contribution is -2.09. The van der Waals surface area contributed by atoms with Crippen LogP contribution in [0.4, 0.5) is 0 Å². The second-order valence-corrected chi connectivity index (χ2v) is 6.33. The van der Waals surface area contributed by atoms with Crippen LogP contribution < -0.4 is 5.73 Å². The third-order valence-electron chi connectivity index (χ3n) is 2.67. The SMILES string of the molecule is NC(c1cccc(Cl)c1)c1cc2sccc2s1. The van der Waals surface area contributed by atoms with E-state index in [0.29, 0.717) is 0 Å². The van der Waals surface area contributed by atoms with E-state index in [0.717, 1.165) is 10.6 Å². The molecule has 0 fully saturated rings. The van der Waals surface area contributed by atoms with Crippen LogP contribution in [0.2, 0.25) is 5.02 Å². The van der Waals surface area contributed by atoms with Crippen molar-refractivity contribution in [3.63, 3.8) is 0 Å². The molecule has 3 rings (SSSR count). The van der Waals surface area contributed by atoms with Crippen LogP contribution in [0.5, 0.6) is 0 Å². The number of thiophene rings is 2. The number of fused-ring (bicyclic) bond motifs is 1. The summed E-state index contributed by atoms with van der Waals surface area (Å²) in [4.78, 5) is 1.19. The van der Waals surface area contributed by atoms with Gasteiger partial charge < -0.3 is 5.73 Å². The van der Waals surface area contributed by atoms with Gasteiger partial charge in [-0.3, -0.25) is 0 Å². The quantitative estimate of drug-likeness (QED) is 0.725. The minimum atomic E-state index is -0.0849. The van der Waals surface area contributed by atoms with Gasteiger partial charge in [-0.15, -0.1) is 22.7 Å². The molecule has 2 aromatic heterocycles. The van der Waals surface area contributed by atoms with Crippen LogP contribution in [0.3, 0.4) is 0 Å². The molecule has 0 saturated heterocycles. The molecule has 0 amide bonds. The predicted molar refractivity (Wildman–Crippen MR) is 77.2 cm³/mol. The maximum Gasteiger partial charge on any atom is 0.0647 e. The zero-order valence-corrected chi connectivity index (χ0v) is 11.3. The summed E-state index contributed by atoms with van der Waals surface area (Å²) in [6.07, 6.45) is 0. The minimum absolute atomic E-state index is 0.0849. The molecule has 1 unspecified atom stereocenters. The van der Waals surface area contributed by atoms with Crippen molar-refractivity contribution in [2.75, 3.05) is 0 Å².